The topological polar surface area (TPSA) is 20.3 Å². The Balaban J connectivity index is 2.25. The molecule has 1 aromatic carbocycles. The summed E-state index contributed by atoms with van der Waals surface area (Å²) in [5.74, 6) is 0.783. The van der Waals surface area contributed by atoms with E-state index < -0.39 is 0 Å². The van der Waals surface area contributed by atoms with Crippen LogP contribution in [0.15, 0.2) is 18.2 Å². The normalized spacial score (nSPS) is 24.1. The van der Waals surface area contributed by atoms with E-state index in [1.165, 1.54) is 19.4 Å². The summed E-state index contributed by atoms with van der Waals surface area (Å²) in [4.78, 5) is 13.3. The van der Waals surface area contributed by atoms with Crippen LogP contribution in [0, 0.1) is 17.7 Å². The van der Waals surface area contributed by atoms with Crippen LogP contribution in [-0.4, -0.2) is 18.9 Å². The Morgan fingerprint density at radius 3 is 2.39 bits per heavy atom. The van der Waals surface area contributed by atoms with E-state index in [4.69, 9.17) is 0 Å². The molecule has 2 atom stereocenters. The highest BCUT2D eigenvalue weighted by atomic mass is 19.1. The number of nitrogens with zero attached hydrogens (tertiary/aromatic N) is 1. The summed E-state index contributed by atoms with van der Waals surface area (Å²) in [6, 6.07) is 4.79. The van der Waals surface area contributed by atoms with Gasteiger partial charge in [0.05, 0.1) is 5.69 Å². The third-order valence-electron chi connectivity index (χ3n) is 3.56. The van der Waals surface area contributed by atoms with Crippen molar-refractivity contribution in [2.24, 2.45) is 11.8 Å². The minimum atomic E-state index is -0.288. The van der Waals surface area contributed by atoms with Crippen molar-refractivity contribution in [1.82, 2.24) is 0 Å². The number of ketones is 1. The third-order valence-corrected chi connectivity index (χ3v) is 3.56. The maximum absolute atomic E-state index is 14.1. The highest BCUT2D eigenvalue weighted by Crippen LogP contribution is 2.28. The molecule has 1 saturated heterocycles. The van der Waals surface area contributed by atoms with Gasteiger partial charge < -0.3 is 4.90 Å². The van der Waals surface area contributed by atoms with Gasteiger partial charge in [0.15, 0.2) is 5.78 Å². The van der Waals surface area contributed by atoms with Gasteiger partial charge in [-0.05, 0) is 43.4 Å². The Hall–Kier alpha value is -1.38. The van der Waals surface area contributed by atoms with Crippen LogP contribution < -0.4 is 4.90 Å². The van der Waals surface area contributed by atoms with Crippen molar-refractivity contribution in [3.05, 3.63) is 29.6 Å². The molecule has 0 bridgehead atoms. The molecule has 2 unspecified atom stereocenters. The maximum Gasteiger partial charge on any atom is 0.159 e. The van der Waals surface area contributed by atoms with Crippen LogP contribution in [0.3, 0.4) is 0 Å². The van der Waals surface area contributed by atoms with Gasteiger partial charge in [0.2, 0.25) is 0 Å². The van der Waals surface area contributed by atoms with E-state index in [0.29, 0.717) is 23.1 Å². The van der Waals surface area contributed by atoms with E-state index in [9.17, 15) is 9.18 Å². The minimum absolute atomic E-state index is 0.0965. The number of carbonyl (C=O) groups is 1. The van der Waals surface area contributed by atoms with Crippen molar-refractivity contribution in [2.45, 2.75) is 27.2 Å². The van der Waals surface area contributed by atoms with Crippen molar-refractivity contribution in [3.63, 3.8) is 0 Å². The van der Waals surface area contributed by atoms with E-state index in [1.807, 2.05) is 0 Å². The molecule has 0 spiro atoms. The molecule has 2 rings (SSSR count). The zero-order valence-corrected chi connectivity index (χ0v) is 11.2. The number of Topliss-reactive ketones (excluding diaryl/α,β-unsaturated/α-hetero) is 1. The Bertz CT molecular complexity index is 448. The predicted molar refractivity (Wildman–Crippen MR) is 71.6 cm³/mol. The molecule has 0 radical (unpaired) electrons. The van der Waals surface area contributed by atoms with Crippen molar-refractivity contribution in [2.75, 3.05) is 18.0 Å². The van der Waals surface area contributed by atoms with Crippen LogP contribution in [0.1, 0.15) is 37.6 Å². The molecule has 1 aliphatic heterocycles. The molecule has 18 heavy (non-hydrogen) atoms. The number of carbonyl (C=O) groups excluding carboxylic acids is 1. The zero-order chi connectivity index (χ0) is 13.3. The SMILES string of the molecule is CC(=O)c1ccc(N2CC(C)CC(C)C2)c(F)c1. The van der Waals surface area contributed by atoms with Gasteiger partial charge in [0.1, 0.15) is 5.82 Å². The lowest BCUT2D eigenvalue weighted by molar-refractivity contribution is 0.101. The van der Waals surface area contributed by atoms with Gasteiger partial charge in [-0.3, -0.25) is 4.79 Å². The molecule has 3 heteroatoms. The molecular formula is C15H20FNO. The fourth-order valence-electron chi connectivity index (χ4n) is 2.84. The van der Waals surface area contributed by atoms with E-state index >= 15 is 0 Å². The van der Waals surface area contributed by atoms with E-state index in [1.54, 1.807) is 12.1 Å². The van der Waals surface area contributed by atoms with Gasteiger partial charge >= 0.3 is 0 Å². The third kappa shape index (κ3) is 2.71. The number of halogens is 1. The molecule has 2 nitrogen and oxygen atoms in total. The summed E-state index contributed by atoms with van der Waals surface area (Å²) in [6.45, 7) is 7.63. The first-order valence-electron chi connectivity index (χ1n) is 6.52. The molecule has 1 heterocycles. The molecule has 1 aromatic rings. The number of hydrogen-bond donors (Lipinski definition) is 0. The van der Waals surface area contributed by atoms with Gasteiger partial charge in [0.25, 0.3) is 0 Å². The number of piperidine rings is 1. The Morgan fingerprint density at radius 1 is 1.28 bits per heavy atom. The highest BCUT2D eigenvalue weighted by molar-refractivity contribution is 5.94. The van der Waals surface area contributed by atoms with E-state index in [2.05, 4.69) is 18.7 Å². The summed E-state index contributed by atoms with van der Waals surface area (Å²) >= 11 is 0. The molecular weight excluding hydrogens is 229 g/mol. The van der Waals surface area contributed by atoms with Crippen LogP contribution in [0.5, 0.6) is 0 Å². The fraction of sp³-hybridized carbons (Fsp3) is 0.533. The number of rotatable bonds is 2. The molecule has 1 fully saturated rings. The lowest BCUT2D eigenvalue weighted by atomic mass is 9.91. The van der Waals surface area contributed by atoms with E-state index in [0.717, 1.165) is 13.1 Å². The first-order valence-corrected chi connectivity index (χ1v) is 6.52. The summed E-state index contributed by atoms with van der Waals surface area (Å²) in [7, 11) is 0. The largest absolute Gasteiger partial charge is 0.369 e. The van der Waals surface area contributed by atoms with Gasteiger partial charge in [-0.2, -0.15) is 0 Å². The summed E-state index contributed by atoms with van der Waals surface area (Å²) < 4.78 is 14.1. The van der Waals surface area contributed by atoms with Crippen LogP contribution in [-0.2, 0) is 0 Å². The first-order chi connectivity index (χ1) is 8.47. The van der Waals surface area contributed by atoms with Crippen molar-refractivity contribution in [3.8, 4) is 0 Å². The van der Waals surface area contributed by atoms with Crippen LogP contribution in [0.2, 0.25) is 0 Å². The molecule has 0 N–H and O–H groups in total. The van der Waals surface area contributed by atoms with Crippen LogP contribution >= 0.6 is 0 Å². The second-order valence-electron chi connectivity index (χ2n) is 5.57. The molecule has 98 valence electrons. The Labute approximate surface area is 108 Å². The van der Waals surface area contributed by atoms with Crippen LogP contribution in [0.25, 0.3) is 0 Å². The van der Waals surface area contributed by atoms with Crippen molar-refractivity contribution in [1.29, 1.82) is 0 Å². The van der Waals surface area contributed by atoms with Crippen LogP contribution in [0.4, 0.5) is 10.1 Å². The maximum atomic E-state index is 14.1. The van der Waals surface area contributed by atoms with Crippen molar-refractivity contribution >= 4 is 11.5 Å². The van der Waals surface area contributed by atoms with Gasteiger partial charge in [-0.1, -0.05) is 13.8 Å². The van der Waals surface area contributed by atoms with E-state index in [-0.39, 0.29) is 11.6 Å². The summed E-state index contributed by atoms with van der Waals surface area (Å²) in [5.41, 5.74) is 1.06. The molecule has 0 amide bonds. The van der Waals surface area contributed by atoms with Gasteiger partial charge in [0, 0.05) is 18.7 Å². The number of anilines is 1. The second kappa shape index (κ2) is 5.09. The van der Waals surface area contributed by atoms with Gasteiger partial charge in [-0.25, -0.2) is 4.39 Å². The average Bonchev–Trinajstić information content (AvgIpc) is 2.27. The smallest absolute Gasteiger partial charge is 0.159 e. The average molecular weight is 249 g/mol. The molecule has 0 aliphatic carbocycles. The molecule has 0 saturated carbocycles. The quantitative estimate of drug-likeness (QED) is 0.747. The zero-order valence-electron chi connectivity index (χ0n) is 11.2. The fourth-order valence-corrected chi connectivity index (χ4v) is 2.84. The van der Waals surface area contributed by atoms with Gasteiger partial charge in [-0.15, -0.1) is 0 Å². The monoisotopic (exact) mass is 249 g/mol. The molecule has 1 aliphatic rings. The minimum Gasteiger partial charge on any atom is -0.369 e. The summed E-state index contributed by atoms with van der Waals surface area (Å²) in [5, 5.41) is 0. The first kappa shape index (κ1) is 13.1. The Kier molecular flexibility index (Phi) is 3.69. The predicted octanol–water partition coefficient (Wildman–Crippen LogP) is 3.51. The lowest BCUT2D eigenvalue weighted by Gasteiger charge is -2.36. The second-order valence-corrected chi connectivity index (χ2v) is 5.57. The Morgan fingerprint density at radius 2 is 1.89 bits per heavy atom. The molecule has 0 aromatic heterocycles. The standard InChI is InChI=1S/C15H20FNO/c1-10-6-11(2)9-17(8-10)15-5-4-13(12(3)18)7-14(15)16/h4-5,7,10-11H,6,8-9H2,1-3H3. The summed E-state index contributed by atoms with van der Waals surface area (Å²) in [6.07, 6.45) is 1.20. The number of benzene rings is 1. The van der Waals surface area contributed by atoms with Crippen molar-refractivity contribution < 1.29 is 9.18 Å². The lowest BCUT2D eigenvalue weighted by Crippen LogP contribution is -2.39. The highest BCUT2D eigenvalue weighted by Gasteiger charge is 2.23. The number of hydrogen-bond acceptors (Lipinski definition) is 2.